The van der Waals surface area contributed by atoms with Gasteiger partial charge in [0.1, 0.15) is 6.54 Å². The first-order valence-electron chi connectivity index (χ1n) is 9.17. The normalized spacial score (nSPS) is 14.9. The number of rotatable bonds is 6. The molecule has 0 saturated carbocycles. The van der Waals surface area contributed by atoms with E-state index in [1.165, 1.54) is 0 Å². The summed E-state index contributed by atoms with van der Waals surface area (Å²) < 4.78 is 0. The number of anilines is 1. The zero-order chi connectivity index (χ0) is 20.5. The minimum absolute atomic E-state index is 0.187. The first-order valence-corrected chi connectivity index (χ1v) is 9.17. The molecular formula is C20H27N3O4. The molecule has 2 rings (SSSR count). The lowest BCUT2D eigenvalue weighted by Crippen LogP contribution is -2.40. The van der Waals surface area contributed by atoms with Crippen molar-refractivity contribution >= 4 is 29.4 Å². The molecule has 0 spiro atoms. The lowest BCUT2D eigenvalue weighted by Gasteiger charge is -2.21. The minimum atomic E-state index is -0.968. The van der Waals surface area contributed by atoms with Crippen molar-refractivity contribution in [3.8, 4) is 0 Å². The molecule has 1 heterocycles. The number of urea groups is 1. The summed E-state index contributed by atoms with van der Waals surface area (Å²) in [5.41, 5.74) is 2.67. The standard InChI is InChI=1S/C20H27N3O4/c1-11(2)14-8-7-9-15(12(3)4)17(14)21-16(24)10-22-18(25)19(26)23(13(5)6)20(22)27/h7-9,11-13H,10H2,1-6H3,(H,21,24). The molecule has 0 atom stereocenters. The molecule has 5 amide bonds. The van der Waals surface area contributed by atoms with Gasteiger partial charge in [-0.2, -0.15) is 0 Å². The molecule has 0 unspecified atom stereocenters. The topological polar surface area (TPSA) is 86.8 Å². The highest BCUT2D eigenvalue weighted by Gasteiger charge is 2.46. The molecule has 1 aromatic rings. The molecule has 0 aliphatic carbocycles. The van der Waals surface area contributed by atoms with Gasteiger partial charge < -0.3 is 5.32 Å². The van der Waals surface area contributed by atoms with Crippen molar-refractivity contribution in [2.45, 2.75) is 59.4 Å². The first-order chi connectivity index (χ1) is 12.6. The summed E-state index contributed by atoms with van der Waals surface area (Å²) in [5.74, 6) is -2.00. The third-order valence-electron chi connectivity index (χ3n) is 4.54. The van der Waals surface area contributed by atoms with Crippen molar-refractivity contribution in [3.05, 3.63) is 29.3 Å². The summed E-state index contributed by atoms with van der Waals surface area (Å²) >= 11 is 0. The molecule has 1 aliphatic rings. The highest BCUT2D eigenvalue weighted by molar-refractivity contribution is 6.45. The smallest absolute Gasteiger partial charge is 0.324 e. The Bertz CT molecular complexity index is 757. The van der Waals surface area contributed by atoms with Gasteiger partial charge >= 0.3 is 17.8 Å². The van der Waals surface area contributed by atoms with Gasteiger partial charge in [0.2, 0.25) is 5.91 Å². The summed E-state index contributed by atoms with van der Waals surface area (Å²) in [7, 11) is 0. The zero-order valence-corrected chi connectivity index (χ0v) is 16.7. The van der Waals surface area contributed by atoms with Gasteiger partial charge in [0, 0.05) is 11.7 Å². The summed E-state index contributed by atoms with van der Waals surface area (Å²) in [6.45, 7) is 10.9. The van der Waals surface area contributed by atoms with Crippen LogP contribution in [0, 0.1) is 0 Å². The maximum Gasteiger partial charge on any atom is 0.334 e. The van der Waals surface area contributed by atoms with Crippen molar-refractivity contribution in [1.29, 1.82) is 0 Å². The van der Waals surface area contributed by atoms with Crippen LogP contribution >= 0.6 is 0 Å². The predicted octanol–water partition coefficient (Wildman–Crippen LogP) is 3.07. The summed E-state index contributed by atoms with van der Waals surface area (Å²) in [6, 6.07) is 4.64. The lowest BCUT2D eigenvalue weighted by molar-refractivity contribution is -0.144. The molecule has 1 aliphatic heterocycles. The van der Waals surface area contributed by atoms with Gasteiger partial charge in [-0.1, -0.05) is 45.9 Å². The van der Waals surface area contributed by atoms with E-state index in [0.717, 1.165) is 16.0 Å². The van der Waals surface area contributed by atoms with Gasteiger partial charge in [0.25, 0.3) is 0 Å². The van der Waals surface area contributed by atoms with Gasteiger partial charge in [-0.15, -0.1) is 0 Å². The summed E-state index contributed by atoms with van der Waals surface area (Å²) in [5, 5.41) is 2.85. The molecule has 146 valence electrons. The summed E-state index contributed by atoms with van der Waals surface area (Å²) in [6.07, 6.45) is 0. The Morgan fingerprint density at radius 1 is 0.926 bits per heavy atom. The highest BCUT2D eigenvalue weighted by atomic mass is 16.2. The third kappa shape index (κ3) is 4.02. The van der Waals surface area contributed by atoms with Crippen molar-refractivity contribution in [3.63, 3.8) is 0 Å². The van der Waals surface area contributed by atoms with E-state index in [2.05, 4.69) is 5.32 Å². The quantitative estimate of drug-likeness (QED) is 0.613. The van der Waals surface area contributed by atoms with Crippen molar-refractivity contribution in [1.82, 2.24) is 9.80 Å². The Kier molecular flexibility index (Phi) is 6.03. The second kappa shape index (κ2) is 7.90. The average molecular weight is 373 g/mol. The predicted molar refractivity (Wildman–Crippen MR) is 102 cm³/mol. The number of nitrogens with zero attached hydrogens (tertiary/aromatic N) is 2. The lowest BCUT2D eigenvalue weighted by atomic mass is 9.92. The molecule has 1 N–H and O–H groups in total. The van der Waals surface area contributed by atoms with Crippen LogP contribution < -0.4 is 5.32 Å². The van der Waals surface area contributed by atoms with Crippen molar-refractivity contribution < 1.29 is 19.2 Å². The molecule has 1 fully saturated rings. The molecule has 0 aromatic heterocycles. The molecule has 0 radical (unpaired) electrons. The maximum absolute atomic E-state index is 12.6. The number of hydrogen-bond donors (Lipinski definition) is 1. The maximum atomic E-state index is 12.6. The van der Waals surface area contributed by atoms with Crippen molar-refractivity contribution in [2.24, 2.45) is 0 Å². The molecule has 27 heavy (non-hydrogen) atoms. The van der Waals surface area contributed by atoms with Crippen LogP contribution in [0.3, 0.4) is 0 Å². The van der Waals surface area contributed by atoms with E-state index in [4.69, 9.17) is 0 Å². The Morgan fingerprint density at radius 3 is 1.85 bits per heavy atom. The molecule has 7 nitrogen and oxygen atoms in total. The number of imide groups is 2. The minimum Gasteiger partial charge on any atom is -0.324 e. The highest BCUT2D eigenvalue weighted by Crippen LogP contribution is 2.32. The number of amides is 5. The van der Waals surface area contributed by atoms with E-state index in [1.807, 2.05) is 45.9 Å². The van der Waals surface area contributed by atoms with E-state index in [1.54, 1.807) is 13.8 Å². The van der Waals surface area contributed by atoms with Gasteiger partial charge in [0.15, 0.2) is 0 Å². The van der Waals surface area contributed by atoms with Crippen molar-refractivity contribution in [2.75, 3.05) is 11.9 Å². The van der Waals surface area contributed by atoms with E-state index in [0.29, 0.717) is 10.6 Å². The van der Waals surface area contributed by atoms with Crippen LogP contribution in [0.5, 0.6) is 0 Å². The van der Waals surface area contributed by atoms with Crippen LogP contribution in [0.15, 0.2) is 18.2 Å². The third-order valence-corrected chi connectivity index (χ3v) is 4.54. The van der Waals surface area contributed by atoms with E-state index >= 15 is 0 Å². The number of carbonyl (C=O) groups excluding carboxylic acids is 4. The Balaban J connectivity index is 2.25. The van der Waals surface area contributed by atoms with E-state index in [9.17, 15) is 19.2 Å². The fraction of sp³-hybridized carbons (Fsp3) is 0.500. The summed E-state index contributed by atoms with van der Waals surface area (Å²) in [4.78, 5) is 50.6. The number of benzene rings is 1. The molecular weight excluding hydrogens is 346 g/mol. The molecule has 1 aromatic carbocycles. The van der Waals surface area contributed by atoms with Gasteiger partial charge in [-0.25, -0.2) is 9.69 Å². The van der Waals surface area contributed by atoms with Crippen LogP contribution in [0.2, 0.25) is 0 Å². The van der Waals surface area contributed by atoms with E-state index in [-0.39, 0.29) is 11.8 Å². The largest absolute Gasteiger partial charge is 0.334 e. The van der Waals surface area contributed by atoms with Crippen LogP contribution in [0.25, 0.3) is 0 Å². The Labute approximate surface area is 159 Å². The molecule has 0 bridgehead atoms. The monoisotopic (exact) mass is 373 g/mol. The Hall–Kier alpha value is -2.70. The van der Waals surface area contributed by atoms with Crippen LogP contribution in [0.4, 0.5) is 10.5 Å². The number of para-hydroxylation sites is 1. The van der Waals surface area contributed by atoms with Gasteiger partial charge in [-0.05, 0) is 36.8 Å². The number of carbonyl (C=O) groups is 4. The molecule has 1 saturated heterocycles. The fourth-order valence-corrected chi connectivity index (χ4v) is 3.14. The molecule has 7 heteroatoms. The van der Waals surface area contributed by atoms with Crippen LogP contribution in [-0.4, -0.2) is 46.1 Å². The van der Waals surface area contributed by atoms with Crippen LogP contribution in [-0.2, 0) is 14.4 Å². The number of hydrogen-bond acceptors (Lipinski definition) is 4. The van der Waals surface area contributed by atoms with E-state index < -0.39 is 36.3 Å². The fourth-order valence-electron chi connectivity index (χ4n) is 3.14. The van der Waals surface area contributed by atoms with Gasteiger partial charge in [0.05, 0.1) is 0 Å². The van der Waals surface area contributed by atoms with Crippen LogP contribution in [0.1, 0.15) is 64.5 Å². The second-order valence-electron chi connectivity index (χ2n) is 7.61. The average Bonchev–Trinajstić information content (AvgIpc) is 2.78. The SMILES string of the molecule is CC(C)c1cccc(C(C)C)c1NC(=O)CN1C(=O)C(=O)N(C(C)C)C1=O. The number of nitrogens with one attached hydrogen (secondary N) is 1. The van der Waals surface area contributed by atoms with Gasteiger partial charge in [-0.3, -0.25) is 19.3 Å². The Morgan fingerprint density at radius 2 is 1.44 bits per heavy atom. The second-order valence-corrected chi connectivity index (χ2v) is 7.61. The zero-order valence-electron chi connectivity index (χ0n) is 16.7. The first kappa shape index (κ1) is 20.6.